The van der Waals surface area contributed by atoms with E-state index < -0.39 is 0 Å². The van der Waals surface area contributed by atoms with Gasteiger partial charge in [-0.05, 0) is 19.3 Å². The summed E-state index contributed by atoms with van der Waals surface area (Å²) in [4.78, 5) is 0. The van der Waals surface area contributed by atoms with Crippen LogP contribution in [-0.4, -0.2) is 0 Å². The molecule has 0 saturated carbocycles. The lowest BCUT2D eigenvalue weighted by molar-refractivity contribution is 0.562. The van der Waals surface area contributed by atoms with Crippen molar-refractivity contribution in [3.8, 4) is 0 Å². The molecule has 0 aliphatic rings. The summed E-state index contributed by atoms with van der Waals surface area (Å²) in [6.45, 7) is 10.5. The molecule has 0 nitrogen and oxygen atoms in total. The van der Waals surface area contributed by atoms with E-state index in [-0.39, 0.29) is 0 Å². The first kappa shape index (κ1) is 25.7. The Bertz CT molecular complexity index is 216. The summed E-state index contributed by atoms with van der Waals surface area (Å²) in [6.07, 6.45) is 30.0. The normalized spacial score (nSPS) is 10.6. The number of rotatable bonds is 17. The van der Waals surface area contributed by atoms with Crippen molar-refractivity contribution in [3.63, 3.8) is 0 Å². The average Bonchev–Trinajstić information content (AvgIpc) is 2.60. The Kier molecular flexibility index (Phi) is 29.3. The fourth-order valence-electron chi connectivity index (χ4n) is 2.74. The Hall–Kier alpha value is -0.520. The molecule has 0 aliphatic heterocycles. The van der Waals surface area contributed by atoms with Crippen LogP contribution in [0.25, 0.3) is 0 Å². The van der Waals surface area contributed by atoms with E-state index in [4.69, 9.17) is 0 Å². The smallest absolute Gasteiger partial charge is 0.0172 e. The van der Waals surface area contributed by atoms with Gasteiger partial charge in [-0.1, -0.05) is 129 Å². The molecule has 0 heterocycles. The van der Waals surface area contributed by atoms with Gasteiger partial charge < -0.3 is 0 Å². The van der Waals surface area contributed by atoms with E-state index in [1.165, 1.54) is 103 Å². The van der Waals surface area contributed by atoms with E-state index in [9.17, 15) is 0 Å². The summed E-state index contributed by atoms with van der Waals surface area (Å²) >= 11 is 0. The van der Waals surface area contributed by atoms with Crippen LogP contribution in [0.1, 0.15) is 130 Å². The highest BCUT2D eigenvalue weighted by Gasteiger charge is 1.90. The Morgan fingerprint density at radius 1 is 0.500 bits per heavy atom. The quantitative estimate of drug-likeness (QED) is 0.183. The maximum atomic E-state index is 3.67. The van der Waals surface area contributed by atoms with Crippen molar-refractivity contribution in [2.24, 2.45) is 0 Å². The number of unbranched alkanes of at least 4 members (excludes halogenated alkanes) is 14. The third-order valence-corrected chi connectivity index (χ3v) is 4.40. The fourth-order valence-corrected chi connectivity index (χ4v) is 2.74. The van der Waals surface area contributed by atoms with Gasteiger partial charge in [0.15, 0.2) is 0 Å². The number of allylic oxidation sites excluding steroid dienone is 3. The van der Waals surface area contributed by atoms with Crippen LogP contribution in [0.5, 0.6) is 0 Å². The third-order valence-electron chi connectivity index (χ3n) is 4.40. The van der Waals surface area contributed by atoms with E-state index in [0.29, 0.717) is 0 Å². The minimum absolute atomic E-state index is 1.02. The maximum Gasteiger partial charge on any atom is -0.0172 e. The molecule has 0 rings (SSSR count). The van der Waals surface area contributed by atoms with Crippen molar-refractivity contribution < 1.29 is 0 Å². The summed E-state index contributed by atoms with van der Waals surface area (Å²) in [7, 11) is 0. The van der Waals surface area contributed by atoms with Gasteiger partial charge in [-0.3, -0.25) is 0 Å². The van der Waals surface area contributed by atoms with Gasteiger partial charge in [-0.15, -0.1) is 6.58 Å². The Balaban J connectivity index is 0. The summed E-state index contributed by atoms with van der Waals surface area (Å²) < 4.78 is 0. The van der Waals surface area contributed by atoms with Crippen molar-refractivity contribution in [1.29, 1.82) is 0 Å². The Labute approximate surface area is 155 Å². The monoisotopic (exact) mass is 336 g/mol. The van der Waals surface area contributed by atoms with Gasteiger partial charge in [0.05, 0.1) is 0 Å². The second-order valence-electron chi connectivity index (χ2n) is 7.03. The Morgan fingerprint density at radius 3 is 1.25 bits per heavy atom. The molecule has 24 heavy (non-hydrogen) atoms. The van der Waals surface area contributed by atoms with Crippen LogP contribution in [-0.2, 0) is 0 Å². The minimum atomic E-state index is 1.02. The lowest BCUT2D eigenvalue weighted by atomic mass is 10.1. The lowest BCUT2D eigenvalue weighted by Gasteiger charge is -1.99. The molecule has 0 aromatic heterocycles. The molecule has 0 heteroatoms. The van der Waals surface area contributed by atoms with E-state index in [1.807, 2.05) is 6.08 Å². The SMILES string of the molecule is C=CC/C=C/CCCCCCC.CCCCCCCCCCCC. The molecule has 0 aromatic carbocycles. The predicted octanol–water partition coefficient (Wildman–Crippen LogP) is 9.41. The van der Waals surface area contributed by atoms with Crippen LogP contribution in [0.15, 0.2) is 24.8 Å². The number of hydrogen-bond donors (Lipinski definition) is 0. The molecule has 144 valence electrons. The molecule has 0 atom stereocenters. The fraction of sp³-hybridized carbons (Fsp3) is 0.833. The molecule has 0 radical (unpaired) electrons. The number of hydrogen-bond acceptors (Lipinski definition) is 0. The molecule has 0 fully saturated rings. The second kappa shape index (κ2) is 27.3. The molecule has 0 spiro atoms. The molecule has 0 unspecified atom stereocenters. The largest absolute Gasteiger partial charge is 0.103 e. The highest BCUT2D eigenvalue weighted by atomic mass is 14.0. The predicted molar refractivity (Wildman–Crippen MR) is 115 cm³/mol. The van der Waals surface area contributed by atoms with Crippen LogP contribution in [0.3, 0.4) is 0 Å². The van der Waals surface area contributed by atoms with Crippen molar-refractivity contribution in [3.05, 3.63) is 24.8 Å². The minimum Gasteiger partial charge on any atom is -0.103 e. The zero-order valence-electron chi connectivity index (χ0n) is 17.5. The first-order valence-electron chi connectivity index (χ1n) is 11.1. The van der Waals surface area contributed by atoms with Crippen LogP contribution in [0, 0.1) is 0 Å². The molecule has 0 bridgehead atoms. The maximum absolute atomic E-state index is 3.67. The third kappa shape index (κ3) is 29.5. The molecule has 0 aromatic rings. The van der Waals surface area contributed by atoms with Crippen molar-refractivity contribution in [2.75, 3.05) is 0 Å². The molecule has 0 saturated heterocycles. The highest BCUT2D eigenvalue weighted by Crippen LogP contribution is 2.10. The summed E-state index contributed by atoms with van der Waals surface area (Å²) in [5.41, 5.74) is 0. The van der Waals surface area contributed by atoms with Crippen molar-refractivity contribution >= 4 is 0 Å². The van der Waals surface area contributed by atoms with Crippen LogP contribution >= 0.6 is 0 Å². The van der Waals surface area contributed by atoms with Gasteiger partial charge in [-0.2, -0.15) is 0 Å². The van der Waals surface area contributed by atoms with Gasteiger partial charge in [0.25, 0.3) is 0 Å². The first-order valence-corrected chi connectivity index (χ1v) is 11.1. The average molecular weight is 337 g/mol. The van der Waals surface area contributed by atoms with Crippen LogP contribution in [0.2, 0.25) is 0 Å². The van der Waals surface area contributed by atoms with E-state index >= 15 is 0 Å². The summed E-state index contributed by atoms with van der Waals surface area (Å²) in [6, 6.07) is 0. The van der Waals surface area contributed by atoms with Crippen molar-refractivity contribution in [2.45, 2.75) is 130 Å². The molecule has 0 N–H and O–H groups in total. The van der Waals surface area contributed by atoms with Gasteiger partial charge in [0.2, 0.25) is 0 Å². The van der Waals surface area contributed by atoms with Crippen LogP contribution in [0.4, 0.5) is 0 Å². The lowest BCUT2D eigenvalue weighted by Crippen LogP contribution is -1.80. The molecule has 0 amide bonds. The summed E-state index contributed by atoms with van der Waals surface area (Å²) in [5, 5.41) is 0. The first-order chi connectivity index (χ1) is 11.8. The molecular weight excluding hydrogens is 288 g/mol. The van der Waals surface area contributed by atoms with E-state index in [2.05, 4.69) is 39.5 Å². The zero-order valence-corrected chi connectivity index (χ0v) is 17.5. The van der Waals surface area contributed by atoms with E-state index in [0.717, 1.165) is 6.42 Å². The van der Waals surface area contributed by atoms with Gasteiger partial charge >= 0.3 is 0 Å². The van der Waals surface area contributed by atoms with E-state index in [1.54, 1.807) is 0 Å². The molecular formula is C24H48. The topological polar surface area (TPSA) is 0 Å². The highest BCUT2D eigenvalue weighted by molar-refractivity contribution is 4.87. The van der Waals surface area contributed by atoms with Gasteiger partial charge in [-0.25, -0.2) is 0 Å². The Morgan fingerprint density at radius 2 is 0.875 bits per heavy atom. The van der Waals surface area contributed by atoms with Gasteiger partial charge in [0.1, 0.15) is 0 Å². The van der Waals surface area contributed by atoms with Crippen LogP contribution < -0.4 is 0 Å². The van der Waals surface area contributed by atoms with Gasteiger partial charge in [0, 0.05) is 0 Å². The second-order valence-corrected chi connectivity index (χ2v) is 7.03. The standard InChI is InChI=1S/C12H26.C12H22/c2*1-3-5-7-9-11-12-10-8-6-4-2/h3-12H2,1-2H3;3,7,9H,1,4-6,8,10-12H2,2H3/b;9-7+. The molecule has 0 aliphatic carbocycles. The summed E-state index contributed by atoms with van der Waals surface area (Å²) in [5.74, 6) is 0. The zero-order chi connectivity index (χ0) is 18.1. The van der Waals surface area contributed by atoms with Crippen molar-refractivity contribution in [1.82, 2.24) is 0 Å².